The van der Waals surface area contributed by atoms with Gasteiger partial charge in [-0.1, -0.05) is 78.9 Å². The molecule has 1 heterocycles. The maximum Gasteiger partial charge on any atom is 0.193 e. The molecule has 6 heteroatoms. The highest BCUT2D eigenvalue weighted by Gasteiger charge is 2.09. The molecule has 0 fully saturated rings. The van der Waals surface area contributed by atoms with E-state index in [0.717, 1.165) is 27.7 Å². The summed E-state index contributed by atoms with van der Waals surface area (Å²) in [5.41, 5.74) is 10.1. The van der Waals surface area contributed by atoms with Crippen molar-refractivity contribution in [1.82, 2.24) is 15.0 Å². The number of nitrogens with two attached hydrogens (primary N) is 1. The Morgan fingerprint density at radius 2 is 1.25 bits per heavy atom. The zero-order valence-electron chi connectivity index (χ0n) is 17.3. The zero-order chi connectivity index (χ0) is 22.3. The number of fused-ring (bicyclic) bond motifs is 1. The fourth-order valence-corrected chi connectivity index (χ4v) is 3.17. The average Bonchev–Trinajstić information content (AvgIpc) is 3.29. The molecule has 3 N–H and O–H groups in total. The van der Waals surface area contributed by atoms with E-state index >= 15 is 0 Å². The lowest BCUT2D eigenvalue weighted by Gasteiger charge is -2.04. The van der Waals surface area contributed by atoms with Crippen LogP contribution in [0.15, 0.2) is 103 Å². The Labute approximate surface area is 185 Å². The van der Waals surface area contributed by atoms with Gasteiger partial charge >= 0.3 is 0 Å². The Morgan fingerprint density at radius 1 is 0.750 bits per heavy atom. The summed E-state index contributed by atoms with van der Waals surface area (Å²) in [5, 5.41) is 18.5. The van der Waals surface area contributed by atoms with Gasteiger partial charge in [0.2, 0.25) is 0 Å². The highest BCUT2D eigenvalue weighted by Crippen LogP contribution is 2.22. The number of aromatic hydroxyl groups is 1. The third kappa shape index (κ3) is 4.71. The Hall–Kier alpha value is -4.29. The number of hydrogen-bond donors (Lipinski definition) is 2. The third-order valence-electron chi connectivity index (χ3n) is 4.85. The molecule has 0 amide bonds. The maximum atomic E-state index is 11.8. The molecule has 4 aromatic carbocycles. The predicted octanol–water partition coefficient (Wildman–Crippen LogP) is 4.50. The number of rotatable bonds is 4. The molecule has 0 aliphatic heterocycles. The van der Waals surface area contributed by atoms with E-state index in [0.29, 0.717) is 12.2 Å². The maximum absolute atomic E-state index is 11.8. The van der Waals surface area contributed by atoms with Crippen molar-refractivity contribution in [3.05, 3.63) is 120 Å². The van der Waals surface area contributed by atoms with Crippen LogP contribution < -0.4 is 5.73 Å². The number of aromatic nitrogens is 3. The SMILES string of the molecule is NCc1ccc(O)c(-n2nc3ccccc3n2)c1.O=C(c1ccccc1)c1ccccc1. The number of carbonyl (C=O) groups excluding carboxylic acids is 1. The first-order valence-electron chi connectivity index (χ1n) is 10.1. The standard InChI is InChI=1S/C13H12N4O.C13H10O/c14-8-9-5-6-13(18)12(7-9)17-15-10-3-1-2-4-11(10)16-17;14-13(11-7-3-1-4-8-11)12-9-5-2-6-10-12/h1-7,18H,8,14H2;1-10H. The van der Waals surface area contributed by atoms with Crippen LogP contribution in [0.3, 0.4) is 0 Å². The summed E-state index contributed by atoms with van der Waals surface area (Å²) in [7, 11) is 0. The van der Waals surface area contributed by atoms with E-state index in [4.69, 9.17) is 5.73 Å². The van der Waals surface area contributed by atoms with Crippen LogP contribution in [0.4, 0.5) is 0 Å². The zero-order valence-corrected chi connectivity index (χ0v) is 17.3. The van der Waals surface area contributed by atoms with Crippen LogP contribution in [-0.4, -0.2) is 25.9 Å². The second-order valence-electron chi connectivity index (χ2n) is 7.07. The summed E-state index contributed by atoms with van der Waals surface area (Å²) in [4.78, 5) is 13.3. The summed E-state index contributed by atoms with van der Waals surface area (Å²) in [6, 6.07) is 31.3. The van der Waals surface area contributed by atoms with Crippen LogP contribution in [-0.2, 0) is 6.54 Å². The Kier molecular flexibility index (Phi) is 6.34. The van der Waals surface area contributed by atoms with Gasteiger partial charge in [-0.2, -0.15) is 0 Å². The highest BCUT2D eigenvalue weighted by molar-refractivity contribution is 6.08. The number of nitrogens with zero attached hydrogens (tertiary/aromatic N) is 3. The monoisotopic (exact) mass is 422 g/mol. The van der Waals surface area contributed by atoms with Crippen LogP contribution >= 0.6 is 0 Å². The second-order valence-corrected chi connectivity index (χ2v) is 7.07. The molecule has 1 aromatic heterocycles. The minimum Gasteiger partial charge on any atom is -0.506 e. The molecule has 0 saturated carbocycles. The smallest absolute Gasteiger partial charge is 0.193 e. The first-order valence-corrected chi connectivity index (χ1v) is 10.1. The minimum atomic E-state index is 0.0752. The molecule has 32 heavy (non-hydrogen) atoms. The number of hydrogen-bond acceptors (Lipinski definition) is 5. The van der Waals surface area contributed by atoms with Crippen LogP contribution in [0.1, 0.15) is 21.5 Å². The Bertz CT molecular complexity index is 1260. The van der Waals surface area contributed by atoms with Gasteiger partial charge in [0.15, 0.2) is 5.78 Å². The van der Waals surface area contributed by atoms with Gasteiger partial charge in [0.1, 0.15) is 22.5 Å². The molecule has 0 atom stereocenters. The first-order chi connectivity index (χ1) is 15.7. The van der Waals surface area contributed by atoms with Crippen molar-refractivity contribution >= 4 is 16.8 Å². The molecule has 5 rings (SSSR count). The molecule has 5 aromatic rings. The van der Waals surface area contributed by atoms with E-state index in [1.54, 1.807) is 18.2 Å². The average molecular weight is 422 g/mol. The highest BCUT2D eigenvalue weighted by atomic mass is 16.3. The first kappa shape index (κ1) is 21.0. The van der Waals surface area contributed by atoms with Gasteiger partial charge in [0.25, 0.3) is 0 Å². The van der Waals surface area contributed by atoms with Crippen LogP contribution in [0.5, 0.6) is 5.75 Å². The molecular formula is C26H22N4O2. The van der Waals surface area contributed by atoms with Crippen molar-refractivity contribution in [3.63, 3.8) is 0 Å². The molecule has 6 nitrogen and oxygen atoms in total. The van der Waals surface area contributed by atoms with Gasteiger partial charge in [0, 0.05) is 17.7 Å². The quantitative estimate of drug-likeness (QED) is 0.416. The lowest BCUT2D eigenvalue weighted by Crippen LogP contribution is -2.02. The minimum absolute atomic E-state index is 0.0752. The molecule has 0 aliphatic carbocycles. The van der Waals surface area contributed by atoms with E-state index in [9.17, 15) is 9.90 Å². The summed E-state index contributed by atoms with van der Waals surface area (Å²) in [6.07, 6.45) is 0. The van der Waals surface area contributed by atoms with Crippen molar-refractivity contribution in [2.24, 2.45) is 5.73 Å². The summed E-state index contributed by atoms with van der Waals surface area (Å²) in [5.74, 6) is 0.207. The van der Waals surface area contributed by atoms with Crippen LogP contribution in [0.2, 0.25) is 0 Å². The van der Waals surface area contributed by atoms with Gasteiger partial charge < -0.3 is 10.8 Å². The molecule has 0 unspecified atom stereocenters. The van der Waals surface area contributed by atoms with E-state index in [2.05, 4.69) is 10.2 Å². The lowest BCUT2D eigenvalue weighted by atomic mass is 10.0. The summed E-state index contributed by atoms with van der Waals surface area (Å²) < 4.78 is 0. The van der Waals surface area contributed by atoms with E-state index in [1.807, 2.05) is 84.9 Å². The van der Waals surface area contributed by atoms with Gasteiger partial charge in [-0.15, -0.1) is 15.0 Å². The summed E-state index contributed by atoms with van der Waals surface area (Å²) >= 11 is 0. The number of carbonyl (C=O) groups is 1. The largest absolute Gasteiger partial charge is 0.506 e. The van der Waals surface area contributed by atoms with Crippen molar-refractivity contribution in [3.8, 4) is 11.4 Å². The number of phenols is 1. The molecule has 0 bridgehead atoms. The van der Waals surface area contributed by atoms with Crippen molar-refractivity contribution in [2.75, 3.05) is 0 Å². The summed E-state index contributed by atoms with van der Waals surface area (Å²) in [6.45, 7) is 0.411. The van der Waals surface area contributed by atoms with E-state index in [1.165, 1.54) is 4.80 Å². The third-order valence-corrected chi connectivity index (χ3v) is 4.85. The topological polar surface area (TPSA) is 94.0 Å². The molecule has 0 spiro atoms. The van der Waals surface area contributed by atoms with Crippen molar-refractivity contribution in [1.29, 1.82) is 0 Å². The fourth-order valence-electron chi connectivity index (χ4n) is 3.17. The molecule has 0 aliphatic rings. The van der Waals surface area contributed by atoms with Gasteiger partial charge in [-0.3, -0.25) is 4.79 Å². The van der Waals surface area contributed by atoms with Crippen molar-refractivity contribution < 1.29 is 9.90 Å². The van der Waals surface area contributed by atoms with Gasteiger partial charge in [-0.25, -0.2) is 0 Å². The molecular weight excluding hydrogens is 400 g/mol. The van der Waals surface area contributed by atoms with Crippen molar-refractivity contribution in [2.45, 2.75) is 6.54 Å². The van der Waals surface area contributed by atoms with Gasteiger partial charge in [0.05, 0.1) is 0 Å². The predicted molar refractivity (Wildman–Crippen MR) is 125 cm³/mol. The van der Waals surface area contributed by atoms with E-state index < -0.39 is 0 Å². The van der Waals surface area contributed by atoms with Crippen LogP contribution in [0.25, 0.3) is 16.7 Å². The lowest BCUT2D eigenvalue weighted by molar-refractivity contribution is 0.103. The fraction of sp³-hybridized carbons (Fsp3) is 0.0385. The van der Waals surface area contributed by atoms with Crippen LogP contribution in [0, 0.1) is 0 Å². The molecule has 0 saturated heterocycles. The number of phenolic OH excluding ortho intramolecular Hbond substituents is 1. The second kappa shape index (κ2) is 9.68. The van der Waals surface area contributed by atoms with Gasteiger partial charge in [-0.05, 0) is 29.8 Å². The normalized spacial score (nSPS) is 10.4. The number of ketones is 1. The van der Waals surface area contributed by atoms with E-state index in [-0.39, 0.29) is 11.5 Å². The Morgan fingerprint density at radius 3 is 1.75 bits per heavy atom. The Balaban J connectivity index is 0.000000158. The number of benzene rings is 4. The molecule has 158 valence electrons. The molecule has 0 radical (unpaired) electrons.